The van der Waals surface area contributed by atoms with Crippen molar-refractivity contribution in [1.29, 1.82) is 0 Å². The first-order valence-corrected chi connectivity index (χ1v) is 12.4. The highest BCUT2D eigenvalue weighted by atomic mass is 16.3. The average Bonchev–Trinajstić information content (AvgIpc) is 2.63. The van der Waals surface area contributed by atoms with Gasteiger partial charge in [0.15, 0.2) is 0 Å². The van der Waals surface area contributed by atoms with Crippen LogP contribution < -0.4 is 0 Å². The number of aliphatic hydroxyl groups excluding tert-OH is 1. The van der Waals surface area contributed by atoms with Gasteiger partial charge in [0.25, 0.3) is 0 Å². The Hall–Kier alpha value is -0.370. The molecular weight excluding hydrogens is 332 g/mol. The van der Waals surface area contributed by atoms with Crippen molar-refractivity contribution in [2.24, 2.45) is 0 Å². The van der Waals surface area contributed by atoms with Crippen molar-refractivity contribution in [3.8, 4) is 0 Å². The molecule has 0 rings (SSSR count). The second-order valence-corrected chi connectivity index (χ2v) is 8.71. The van der Waals surface area contributed by atoms with Gasteiger partial charge in [0.2, 0.25) is 0 Å². The molecule has 162 valence electrons. The normalized spacial score (nSPS) is 12.4. The van der Waals surface area contributed by atoms with E-state index in [0.29, 0.717) is 12.8 Å². The van der Waals surface area contributed by atoms with E-state index in [0.717, 1.165) is 6.42 Å². The molecule has 0 heterocycles. The maximum absolute atomic E-state index is 11.5. The van der Waals surface area contributed by atoms with Crippen molar-refractivity contribution >= 4 is 5.78 Å². The van der Waals surface area contributed by atoms with Crippen LogP contribution in [0.1, 0.15) is 149 Å². The predicted molar refractivity (Wildman–Crippen MR) is 119 cm³/mol. The van der Waals surface area contributed by atoms with E-state index >= 15 is 0 Å². The molecule has 2 heteroatoms. The average molecular weight is 383 g/mol. The van der Waals surface area contributed by atoms with Crippen LogP contribution in [-0.2, 0) is 4.79 Å². The van der Waals surface area contributed by atoms with Crippen molar-refractivity contribution in [3.05, 3.63) is 0 Å². The fraction of sp³-hybridized carbons (Fsp3) is 0.960. The van der Waals surface area contributed by atoms with Gasteiger partial charge in [-0.15, -0.1) is 0 Å². The summed E-state index contributed by atoms with van der Waals surface area (Å²) in [5.41, 5.74) is 0. The lowest BCUT2D eigenvalue weighted by Gasteiger charge is -2.04. The number of hydrogen-bond acceptors (Lipinski definition) is 2. The largest absolute Gasteiger partial charge is 0.393 e. The fourth-order valence-electron chi connectivity index (χ4n) is 3.83. The van der Waals surface area contributed by atoms with Gasteiger partial charge in [0, 0.05) is 12.8 Å². The maximum atomic E-state index is 11.5. The van der Waals surface area contributed by atoms with Crippen molar-refractivity contribution in [2.75, 3.05) is 0 Å². The van der Waals surface area contributed by atoms with Crippen molar-refractivity contribution in [2.45, 2.75) is 155 Å². The Morgan fingerprint density at radius 1 is 0.593 bits per heavy atom. The van der Waals surface area contributed by atoms with Gasteiger partial charge in [-0.2, -0.15) is 0 Å². The standard InChI is InChI=1S/C25H50O2/c1-3-4-5-6-7-8-9-10-11-12-13-14-15-16-17-18-19-20-21-22-25(27)23-24(2)26/h24,26H,3-23H2,1-2H3. The second kappa shape index (κ2) is 21.9. The lowest BCUT2D eigenvalue weighted by molar-refractivity contribution is -0.120. The third-order valence-corrected chi connectivity index (χ3v) is 5.58. The molecular formula is C25H50O2. The molecule has 0 radical (unpaired) electrons. The van der Waals surface area contributed by atoms with Gasteiger partial charge in [-0.05, 0) is 13.3 Å². The third kappa shape index (κ3) is 23.6. The molecule has 0 fully saturated rings. The minimum absolute atomic E-state index is 0.219. The molecule has 0 spiro atoms. The molecule has 0 bridgehead atoms. The number of carbonyl (C=O) groups excluding carboxylic acids is 1. The summed E-state index contributed by atoms with van der Waals surface area (Å²) in [4.78, 5) is 11.5. The Bertz CT molecular complexity index is 299. The van der Waals surface area contributed by atoms with Gasteiger partial charge in [0.05, 0.1) is 6.10 Å². The molecule has 1 atom stereocenters. The summed E-state index contributed by atoms with van der Waals surface area (Å²) in [6.45, 7) is 3.98. The number of aliphatic hydroxyl groups is 1. The lowest BCUT2D eigenvalue weighted by atomic mass is 10.0. The molecule has 0 saturated heterocycles. The number of Topliss-reactive ketones (excluding diaryl/α,β-unsaturated/α-hetero) is 1. The van der Waals surface area contributed by atoms with E-state index in [2.05, 4.69) is 6.92 Å². The molecule has 0 saturated carbocycles. The Balaban J connectivity index is 3.06. The van der Waals surface area contributed by atoms with Gasteiger partial charge in [0.1, 0.15) is 5.78 Å². The first kappa shape index (κ1) is 26.6. The molecule has 1 unspecified atom stereocenters. The fourth-order valence-corrected chi connectivity index (χ4v) is 3.83. The van der Waals surface area contributed by atoms with Gasteiger partial charge < -0.3 is 5.11 Å². The number of carbonyl (C=O) groups is 1. The summed E-state index contributed by atoms with van der Waals surface area (Å²) >= 11 is 0. The Morgan fingerprint density at radius 3 is 1.19 bits per heavy atom. The minimum atomic E-state index is -0.474. The Kier molecular flexibility index (Phi) is 21.6. The molecule has 0 amide bonds. The molecule has 2 nitrogen and oxygen atoms in total. The van der Waals surface area contributed by atoms with Crippen LogP contribution in [-0.4, -0.2) is 17.0 Å². The molecule has 0 aliphatic carbocycles. The van der Waals surface area contributed by atoms with E-state index in [4.69, 9.17) is 5.11 Å². The Labute approximate surface area is 170 Å². The number of rotatable bonds is 22. The van der Waals surface area contributed by atoms with Crippen LogP contribution in [0.2, 0.25) is 0 Å². The monoisotopic (exact) mass is 382 g/mol. The highest BCUT2D eigenvalue weighted by molar-refractivity contribution is 5.78. The molecule has 0 aliphatic heterocycles. The van der Waals surface area contributed by atoms with Crippen LogP contribution in [0.5, 0.6) is 0 Å². The number of hydrogen-bond donors (Lipinski definition) is 1. The zero-order valence-electron chi connectivity index (χ0n) is 18.8. The van der Waals surface area contributed by atoms with E-state index in [-0.39, 0.29) is 5.78 Å². The molecule has 0 aromatic rings. The first-order chi connectivity index (χ1) is 13.2. The molecule has 0 aliphatic rings. The molecule has 0 aromatic heterocycles. The minimum Gasteiger partial charge on any atom is -0.393 e. The van der Waals surface area contributed by atoms with Gasteiger partial charge in [-0.1, -0.05) is 122 Å². The van der Waals surface area contributed by atoms with Crippen molar-refractivity contribution < 1.29 is 9.90 Å². The van der Waals surface area contributed by atoms with Crippen molar-refractivity contribution in [1.82, 2.24) is 0 Å². The topological polar surface area (TPSA) is 37.3 Å². The number of ketones is 1. The van der Waals surface area contributed by atoms with E-state index < -0.39 is 6.10 Å². The van der Waals surface area contributed by atoms with Gasteiger partial charge >= 0.3 is 0 Å². The van der Waals surface area contributed by atoms with E-state index in [1.165, 1.54) is 116 Å². The van der Waals surface area contributed by atoms with Gasteiger partial charge in [-0.25, -0.2) is 0 Å². The SMILES string of the molecule is CCCCCCCCCCCCCCCCCCCCCC(=O)CC(C)O. The highest BCUT2D eigenvalue weighted by Crippen LogP contribution is 2.15. The number of unbranched alkanes of at least 4 members (excludes halogenated alkanes) is 18. The van der Waals surface area contributed by atoms with Crippen molar-refractivity contribution in [3.63, 3.8) is 0 Å². The summed E-state index contributed by atoms with van der Waals surface area (Å²) in [6, 6.07) is 0. The first-order valence-electron chi connectivity index (χ1n) is 12.4. The van der Waals surface area contributed by atoms with Crippen LogP contribution in [0, 0.1) is 0 Å². The summed E-state index contributed by atoms with van der Waals surface area (Å²) in [7, 11) is 0. The van der Waals surface area contributed by atoms with Crippen LogP contribution >= 0.6 is 0 Å². The molecule has 0 aromatic carbocycles. The van der Waals surface area contributed by atoms with Gasteiger partial charge in [-0.3, -0.25) is 4.79 Å². The van der Waals surface area contributed by atoms with E-state index in [1.807, 2.05) is 0 Å². The lowest BCUT2D eigenvalue weighted by Crippen LogP contribution is -2.08. The predicted octanol–water partition coefficient (Wildman–Crippen LogP) is 8.15. The Morgan fingerprint density at radius 2 is 0.889 bits per heavy atom. The smallest absolute Gasteiger partial charge is 0.135 e. The summed E-state index contributed by atoms with van der Waals surface area (Å²) in [6.07, 6.45) is 26.7. The van der Waals surface area contributed by atoms with Crippen LogP contribution in [0.25, 0.3) is 0 Å². The second-order valence-electron chi connectivity index (χ2n) is 8.71. The summed E-state index contributed by atoms with van der Waals surface area (Å²) in [5.74, 6) is 0.219. The summed E-state index contributed by atoms with van der Waals surface area (Å²) in [5, 5.41) is 9.16. The van der Waals surface area contributed by atoms with Crippen LogP contribution in [0.4, 0.5) is 0 Å². The zero-order valence-corrected chi connectivity index (χ0v) is 18.8. The van der Waals surface area contributed by atoms with Crippen LogP contribution in [0.15, 0.2) is 0 Å². The maximum Gasteiger partial charge on any atom is 0.135 e. The van der Waals surface area contributed by atoms with Crippen LogP contribution in [0.3, 0.4) is 0 Å². The zero-order chi connectivity index (χ0) is 20.0. The summed E-state index contributed by atoms with van der Waals surface area (Å²) < 4.78 is 0. The third-order valence-electron chi connectivity index (χ3n) is 5.58. The van der Waals surface area contributed by atoms with E-state index in [9.17, 15) is 4.79 Å². The molecule has 27 heavy (non-hydrogen) atoms. The highest BCUT2D eigenvalue weighted by Gasteiger charge is 2.05. The van der Waals surface area contributed by atoms with E-state index in [1.54, 1.807) is 6.92 Å². The quantitative estimate of drug-likeness (QED) is 0.192. The molecule has 1 N–H and O–H groups in total.